The summed E-state index contributed by atoms with van der Waals surface area (Å²) in [6.07, 6.45) is 2.27. The van der Waals surface area contributed by atoms with Crippen LogP contribution in [0.4, 0.5) is 5.69 Å². The third kappa shape index (κ3) is 6.10. The van der Waals surface area contributed by atoms with Crippen molar-refractivity contribution in [1.82, 2.24) is 4.90 Å². The molecule has 3 aliphatic rings. The van der Waals surface area contributed by atoms with Crippen molar-refractivity contribution in [3.63, 3.8) is 0 Å². The molecule has 7 nitrogen and oxygen atoms in total. The number of nitrogens with one attached hydrogen (secondary N) is 1. The lowest BCUT2D eigenvalue weighted by Crippen LogP contribution is -2.43. The molecule has 1 amide bonds. The highest BCUT2D eigenvalue weighted by molar-refractivity contribution is 6.32. The number of halogens is 1. The molecule has 8 heteroatoms. The Labute approximate surface area is 259 Å². The number of para-hydroxylation sites is 1. The number of carbonyl (C=O) groups is 3. The smallest absolute Gasteiger partial charge is 0.262 e. The summed E-state index contributed by atoms with van der Waals surface area (Å²) in [7, 11) is 1.99. The molecule has 43 heavy (non-hydrogen) atoms. The maximum absolute atomic E-state index is 13.8. The summed E-state index contributed by atoms with van der Waals surface area (Å²) in [5.41, 5.74) is 5.25. The van der Waals surface area contributed by atoms with Gasteiger partial charge < -0.3 is 19.7 Å². The highest BCUT2D eigenvalue weighted by Crippen LogP contribution is 2.55. The molecule has 0 saturated heterocycles. The van der Waals surface area contributed by atoms with E-state index in [0.717, 1.165) is 29.8 Å². The van der Waals surface area contributed by atoms with Crippen molar-refractivity contribution >= 4 is 34.8 Å². The first kappa shape index (κ1) is 30.9. The minimum atomic E-state index is -0.552. The molecule has 0 aromatic heterocycles. The zero-order valence-electron chi connectivity index (χ0n) is 26.2. The standard InChI is InChI=1S/C35H41ClN2O5/c1-8-42-28-14-21(13-22(36)33(28)43-19-29(41)37-23-12-10-9-11-20(23)2)30-31-24(15-34(3,4)17-26(31)39)38(7)25-16-35(5,6)18-27(40)32(25)30/h9-14,30H,8,15-19H2,1-7H3,(H,37,41). The first-order valence-electron chi connectivity index (χ1n) is 14.9. The summed E-state index contributed by atoms with van der Waals surface area (Å²) in [5, 5.41) is 3.11. The van der Waals surface area contributed by atoms with Crippen LogP contribution in [0.3, 0.4) is 0 Å². The van der Waals surface area contributed by atoms with Gasteiger partial charge in [0, 0.05) is 54.0 Å². The van der Waals surface area contributed by atoms with E-state index < -0.39 is 5.92 Å². The average Bonchev–Trinajstić information content (AvgIpc) is 2.89. The molecule has 2 aliphatic carbocycles. The van der Waals surface area contributed by atoms with Crippen molar-refractivity contribution in [2.75, 3.05) is 25.6 Å². The van der Waals surface area contributed by atoms with Crippen LogP contribution in [0.2, 0.25) is 5.02 Å². The number of anilines is 1. The van der Waals surface area contributed by atoms with E-state index in [0.29, 0.717) is 47.6 Å². The van der Waals surface area contributed by atoms with Crippen molar-refractivity contribution in [2.24, 2.45) is 10.8 Å². The number of hydrogen-bond acceptors (Lipinski definition) is 6. The molecule has 228 valence electrons. The van der Waals surface area contributed by atoms with Crippen LogP contribution in [0.25, 0.3) is 0 Å². The molecule has 0 bridgehead atoms. The SMILES string of the molecule is CCOc1cc(C2C3=C(CC(C)(C)CC3=O)N(C)C3=C2C(=O)CC(C)(C)C3)cc(Cl)c1OCC(=O)Nc1ccccc1C. The Bertz CT molecular complexity index is 1510. The number of amides is 1. The molecular weight excluding hydrogens is 564 g/mol. The van der Waals surface area contributed by atoms with Crippen molar-refractivity contribution in [2.45, 2.75) is 73.1 Å². The largest absolute Gasteiger partial charge is 0.490 e. The maximum atomic E-state index is 13.8. The van der Waals surface area contributed by atoms with Gasteiger partial charge >= 0.3 is 0 Å². The van der Waals surface area contributed by atoms with E-state index in [2.05, 4.69) is 37.9 Å². The Balaban J connectivity index is 1.55. The summed E-state index contributed by atoms with van der Waals surface area (Å²) in [4.78, 5) is 42.5. The fraction of sp³-hybridized carbons (Fsp3) is 0.457. The van der Waals surface area contributed by atoms with E-state index >= 15 is 0 Å². The van der Waals surface area contributed by atoms with Crippen LogP contribution < -0.4 is 14.8 Å². The van der Waals surface area contributed by atoms with Crippen LogP contribution in [0.1, 0.15) is 77.3 Å². The van der Waals surface area contributed by atoms with Gasteiger partial charge in [-0.05, 0) is 66.8 Å². The quantitative estimate of drug-likeness (QED) is 0.355. The molecule has 0 fully saturated rings. The van der Waals surface area contributed by atoms with Gasteiger partial charge in [-0.3, -0.25) is 14.4 Å². The minimum Gasteiger partial charge on any atom is -0.490 e. The Hall–Kier alpha value is -3.58. The monoisotopic (exact) mass is 604 g/mol. The molecule has 1 heterocycles. The highest BCUT2D eigenvalue weighted by atomic mass is 35.5. The van der Waals surface area contributed by atoms with E-state index in [-0.39, 0.29) is 45.7 Å². The molecule has 1 N–H and O–H groups in total. The molecule has 2 aromatic rings. The van der Waals surface area contributed by atoms with Crippen LogP contribution >= 0.6 is 11.6 Å². The van der Waals surface area contributed by atoms with Gasteiger partial charge in [-0.25, -0.2) is 0 Å². The van der Waals surface area contributed by atoms with Crippen LogP contribution in [0.5, 0.6) is 11.5 Å². The predicted molar refractivity (Wildman–Crippen MR) is 169 cm³/mol. The number of ketones is 2. The Morgan fingerprint density at radius 2 is 1.53 bits per heavy atom. The zero-order valence-corrected chi connectivity index (χ0v) is 26.9. The van der Waals surface area contributed by atoms with Gasteiger partial charge in [-0.15, -0.1) is 0 Å². The van der Waals surface area contributed by atoms with E-state index in [1.807, 2.05) is 51.2 Å². The molecule has 0 saturated carbocycles. The van der Waals surface area contributed by atoms with E-state index in [1.165, 1.54) is 0 Å². The molecule has 0 spiro atoms. The van der Waals surface area contributed by atoms with Crippen molar-refractivity contribution in [3.05, 3.63) is 75.1 Å². The molecule has 0 unspecified atom stereocenters. The topological polar surface area (TPSA) is 84.9 Å². The lowest BCUT2D eigenvalue weighted by molar-refractivity contribution is -0.120. The number of allylic oxidation sites excluding steroid dienone is 4. The Kier molecular flexibility index (Phi) is 8.25. The zero-order chi connectivity index (χ0) is 31.3. The van der Waals surface area contributed by atoms with Crippen molar-refractivity contribution < 1.29 is 23.9 Å². The van der Waals surface area contributed by atoms with Crippen LogP contribution in [0.15, 0.2) is 58.9 Å². The summed E-state index contributed by atoms with van der Waals surface area (Å²) < 4.78 is 11.9. The van der Waals surface area contributed by atoms with Crippen LogP contribution in [-0.2, 0) is 14.4 Å². The Morgan fingerprint density at radius 3 is 2.09 bits per heavy atom. The number of hydrogen-bond donors (Lipinski definition) is 1. The van der Waals surface area contributed by atoms with Crippen molar-refractivity contribution in [1.29, 1.82) is 0 Å². The highest BCUT2D eigenvalue weighted by Gasteiger charge is 2.48. The fourth-order valence-electron chi connectivity index (χ4n) is 6.69. The second-order valence-electron chi connectivity index (χ2n) is 13.5. The van der Waals surface area contributed by atoms with Crippen LogP contribution in [-0.4, -0.2) is 42.6 Å². The number of benzene rings is 2. The Morgan fingerprint density at radius 1 is 0.953 bits per heavy atom. The lowest BCUT2D eigenvalue weighted by atomic mass is 9.63. The molecule has 2 aromatic carbocycles. The summed E-state index contributed by atoms with van der Waals surface area (Å²) in [5.74, 6) is -0.171. The number of Topliss-reactive ketones (excluding diaryl/α,β-unsaturated/α-hetero) is 2. The number of aryl methyl sites for hydroxylation is 1. The number of carbonyl (C=O) groups excluding carboxylic acids is 3. The van der Waals surface area contributed by atoms with Gasteiger partial charge in [0.15, 0.2) is 29.7 Å². The molecule has 5 rings (SSSR count). The third-order valence-electron chi connectivity index (χ3n) is 8.61. The van der Waals surface area contributed by atoms with Crippen LogP contribution in [0, 0.1) is 17.8 Å². The predicted octanol–water partition coefficient (Wildman–Crippen LogP) is 7.38. The van der Waals surface area contributed by atoms with E-state index in [1.54, 1.807) is 6.07 Å². The lowest BCUT2D eigenvalue weighted by Gasteiger charge is -2.48. The second-order valence-corrected chi connectivity index (χ2v) is 13.9. The van der Waals surface area contributed by atoms with Gasteiger partial charge in [0.25, 0.3) is 5.91 Å². The molecule has 0 radical (unpaired) electrons. The molecular formula is C35H41ClN2O5. The summed E-state index contributed by atoms with van der Waals surface area (Å²) in [6, 6.07) is 11.1. The van der Waals surface area contributed by atoms with Gasteiger partial charge in [0.1, 0.15) is 0 Å². The first-order chi connectivity index (χ1) is 20.2. The van der Waals surface area contributed by atoms with Gasteiger partial charge in [-0.2, -0.15) is 0 Å². The van der Waals surface area contributed by atoms with E-state index in [9.17, 15) is 14.4 Å². The van der Waals surface area contributed by atoms with Gasteiger partial charge in [0.2, 0.25) is 0 Å². The maximum Gasteiger partial charge on any atom is 0.262 e. The minimum absolute atomic E-state index is 0.0505. The van der Waals surface area contributed by atoms with Gasteiger partial charge in [0.05, 0.1) is 11.6 Å². The summed E-state index contributed by atoms with van der Waals surface area (Å²) >= 11 is 6.85. The normalized spacial score (nSPS) is 19.7. The second kappa shape index (κ2) is 11.5. The number of ether oxygens (including phenoxy) is 2. The van der Waals surface area contributed by atoms with Gasteiger partial charge in [-0.1, -0.05) is 57.5 Å². The fourth-order valence-corrected chi connectivity index (χ4v) is 6.97. The van der Waals surface area contributed by atoms with E-state index in [4.69, 9.17) is 21.1 Å². The summed E-state index contributed by atoms with van der Waals surface area (Å²) in [6.45, 7) is 12.3. The number of nitrogens with zero attached hydrogens (tertiary/aromatic N) is 1. The third-order valence-corrected chi connectivity index (χ3v) is 8.89. The molecule has 1 aliphatic heterocycles. The number of rotatable bonds is 7. The first-order valence-corrected chi connectivity index (χ1v) is 15.3. The average molecular weight is 605 g/mol. The van der Waals surface area contributed by atoms with Crippen molar-refractivity contribution in [3.8, 4) is 11.5 Å². The molecule has 0 atom stereocenters.